The van der Waals surface area contributed by atoms with Crippen molar-refractivity contribution in [3.8, 4) is 10.7 Å². The van der Waals surface area contributed by atoms with Crippen LogP contribution in [0.25, 0.3) is 10.7 Å². The Bertz CT molecular complexity index is 564. The van der Waals surface area contributed by atoms with Crippen molar-refractivity contribution in [1.29, 1.82) is 0 Å². The Hall–Kier alpha value is -1.69. The van der Waals surface area contributed by atoms with Gasteiger partial charge in [-0.15, -0.1) is 11.3 Å². The summed E-state index contributed by atoms with van der Waals surface area (Å²) in [7, 11) is 0. The number of aromatic amines is 1. The molecule has 0 amide bonds. The maximum atomic E-state index is 11.3. The van der Waals surface area contributed by atoms with E-state index in [0.29, 0.717) is 5.82 Å². The van der Waals surface area contributed by atoms with Crippen molar-refractivity contribution in [2.24, 2.45) is 5.92 Å². The van der Waals surface area contributed by atoms with E-state index >= 15 is 0 Å². The van der Waals surface area contributed by atoms with Crippen LogP contribution in [0.5, 0.6) is 0 Å². The minimum Gasteiger partial charge on any atom is -0.481 e. The maximum Gasteiger partial charge on any atom is 0.307 e. The predicted octanol–water partition coefficient (Wildman–Crippen LogP) is 2.89. The molecule has 2 aromatic rings. The van der Waals surface area contributed by atoms with E-state index in [1.165, 1.54) is 0 Å². The van der Waals surface area contributed by atoms with Crippen molar-refractivity contribution in [1.82, 2.24) is 15.2 Å². The van der Waals surface area contributed by atoms with E-state index in [1.54, 1.807) is 11.3 Å². The monoisotopic (exact) mass is 277 g/mol. The first-order valence-corrected chi connectivity index (χ1v) is 7.32. The van der Waals surface area contributed by atoms with E-state index in [-0.39, 0.29) is 11.8 Å². The van der Waals surface area contributed by atoms with Crippen LogP contribution in [0.4, 0.5) is 0 Å². The Balaban J connectivity index is 1.87. The Morgan fingerprint density at radius 1 is 1.42 bits per heavy atom. The summed E-state index contributed by atoms with van der Waals surface area (Å²) in [5, 5.41) is 18.4. The van der Waals surface area contributed by atoms with Crippen molar-refractivity contribution in [2.75, 3.05) is 0 Å². The van der Waals surface area contributed by atoms with Gasteiger partial charge in [0.25, 0.3) is 0 Å². The van der Waals surface area contributed by atoms with Crippen LogP contribution < -0.4 is 0 Å². The lowest BCUT2D eigenvalue weighted by molar-refractivity contribution is -0.143. The van der Waals surface area contributed by atoms with Crippen molar-refractivity contribution >= 4 is 17.3 Å². The molecule has 0 radical (unpaired) electrons. The highest BCUT2D eigenvalue weighted by molar-refractivity contribution is 7.13. The van der Waals surface area contributed by atoms with E-state index in [1.807, 2.05) is 17.5 Å². The van der Waals surface area contributed by atoms with Gasteiger partial charge in [-0.25, -0.2) is 4.98 Å². The van der Waals surface area contributed by atoms with E-state index in [0.717, 1.165) is 36.4 Å². The first-order valence-electron chi connectivity index (χ1n) is 6.44. The molecule has 0 aromatic carbocycles. The molecular weight excluding hydrogens is 262 g/mol. The third kappa shape index (κ3) is 2.40. The van der Waals surface area contributed by atoms with Gasteiger partial charge in [0, 0.05) is 5.92 Å². The summed E-state index contributed by atoms with van der Waals surface area (Å²) in [5.74, 6) is 0.291. The average Bonchev–Trinajstić information content (AvgIpc) is 3.09. The number of carboxylic acid groups (broad SMARTS) is 1. The van der Waals surface area contributed by atoms with Gasteiger partial charge in [0.05, 0.1) is 10.8 Å². The maximum absolute atomic E-state index is 11.3. The number of hydrogen-bond acceptors (Lipinski definition) is 4. The number of carbonyl (C=O) groups is 1. The highest BCUT2D eigenvalue weighted by Gasteiger charge is 2.34. The minimum atomic E-state index is -0.723. The predicted molar refractivity (Wildman–Crippen MR) is 72.0 cm³/mol. The van der Waals surface area contributed by atoms with Gasteiger partial charge in [0.1, 0.15) is 5.82 Å². The number of aromatic nitrogens is 3. The molecule has 0 spiro atoms. The van der Waals surface area contributed by atoms with Crippen molar-refractivity contribution in [3.05, 3.63) is 23.3 Å². The van der Waals surface area contributed by atoms with E-state index < -0.39 is 5.97 Å². The van der Waals surface area contributed by atoms with E-state index in [4.69, 9.17) is 0 Å². The fraction of sp³-hybridized carbons (Fsp3) is 0.462. The molecular formula is C13H15N3O2S. The van der Waals surface area contributed by atoms with Gasteiger partial charge in [0.15, 0.2) is 5.82 Å². The molecule has 0 bridgehead atoms. The number of nitrogens with one attached hydrogen (secondary N) is 1. The molecule has 2 aromatic heterocycles. The fourth-order valence-electron chi connectivity index (χ4n) is 2.71. The van der Waals surface area contributed by atoms with Crippen molar-refractivity contribution in [3.63, 3.8) is 0 Å². The van der Waals surface area contributed by atoms with E-state index in [2.05, 4.69) is 15.2 Å². The highest BCUT2D eigenvalue weighted by atomic mass is 32.1. The molecule has 5 nitrogen and oxygen atoms in total. The number of rotatable bonds is 3. The lowest BCUT2D eigenvalue weighted by Gasteiger charge is -2.26. The third-order valence-electron chi connectivity index (χ3n) is 3.68. The molecule has 100 valence electrons. The summed E-state index contributed by atoms with van der Waals surface area (Å²) in [6, 6.07) is 3.92. The molecule has 3 rings (SSSR count). The zero-order chi connectivity index (χ0) is 13.2. The molecule has 1 saturated carbocycles. The molecule has 19 heavy (non-hydrogen) atoms. The summed E-state index contributed by atoms with van der Waals surface area (Å²) in [4.78, 5) is 16.8. The van der Waals surface area contributed by atoms with Gasteiger partial charge in [-0.3, -0.25) is 9.89 Å². The number of thiophene rings is 1. The normalized spacial score (nSPS) is 23.4. The molecule has 2 N–H and O–H groups in total. The second-order valence-electron chi connectivity index (χ2n) is 4.86. The molecule has 2 heterocycles. The van der Waals surface area contributed by atoms with Crippen LogP contribution in [0.2, 0.25) is 0 Å². The quantitative estimate of drug-likeness (QED) is 0.904. The van der Waals surface area contributed by atoms with Crippen LogP contribution in [0, 0.1) is 5.92 Å². The number of nitrogens with zero attached hydrogens (tertiary/aromatic N) is 2. The Morgan fingerprint density at radius 2 is 2.26 bits per heavy atom. The van der Waals surface area contributed by atoms with Crippen LogP contribution in [0.1, 0.15) is 37.4 Å². The van der Waals surface area contributed by atoms with Crippen molar-refractivity contribution in [2.45, 2.75) is 31.6 Å². The summed E-state index contributed by atoms with van der Waals surface area (Å²) >= 11 is 1.58. The lowest BCUT2D eigenvalue weighted by atomic mass is 9.79. The second-order valence-corrected chi connectivity index (χ2v) is 5.80. The first kappa shape index (κ1) is 12.3. The largest absolute Gasteiger partial charge is 0.481 e. The zero-order valence-corrected chi connectivity index (χ0v) is 11.2. The number of hydrogen-bond donors (Lipinski definition) is 2. The summed E-state index contributed by atoms with van der Waals surface area (Å²) < 4.78 is 0. The molecule has 6 heteroatoms. The van der Waals surface area contributed by atoms with Gasteiger partial charge >= 0.3 is 5.97 Å². The molecule has 1 aliphatic rings. The topological polar surface area (TPSA) is 78.9 Å². The molecule has 0 saturated heterocycles. The fourth-order valence-corrected chi connectivity index (χ4v) is 3.37. The SMILES string of the molecule is O=C(O)C1CCCCC1c1nc(-c2cccs2)n[nH]1. The first-order chi connectivity index (χ1) is 9.25. The molecule has 1 aliphatic carbocycles. The Labute approximate surface area is 114 Å². The van der Waals surface area contributed by atoms with Crippen LogP contribution >= 0.6 is 11.3 Å². The van der Waals surface area contributed by atoms with E-state index in [9.17, 15) is 9.90 Å². The van der Waals surface area contributed by atoms with Gasteiger partial charge in [-0.05, 0) is 24.3 Å². The summed E-state index contributed by atoms with van der Waals surface area (Å²) in [6.45, 7) is 0. The van der Waals surface area contributed by atoms with Crippen LogP contribution in [0.15, 0.2) is 17.5 Å². The van der Waals surface area contributed by atoms with Crippen LogP contribution in [-0.4, -0.2) is 26.3 Å². The van der Waals surface area contributed by atoms with Crippen LogP contribution in [0.3, 0.4) is 0 Å². The molecule has 2 atom stereocenters. The number of H-pyrrole nitrogens is 1. The summed E-state index contributed by atoms with van der Waals surface area (Å²) in [6.07, 6.45) is 3.65. The van der Waals surface area contributed by atoms with Crippen LogP contribution in [-0.2, 0) is 4.79 Å². The second kappa shape index (κ2) is 5.13. The molecule has 2 unspecified atom stereocenters. The van der Waals surface area contributed by atoms with Crippen molar-refractivity contribution < 1.29 is 9.90 Å². The Kier molecular flexibility index (Phi) is 3.33. The molecule has 0 aliphatic heterocycles. The van der Waals surface area contributed by atoms with Gasteiger partial charge < -0.3 is 5.11 Å². The smallest absolute Gasteiger partial charge is 0.307 e. The highest BCUT2D eigenvalue weighted by Crippen LogP contribution is 2.37. The minimum absolute atomic E-state index is 0.0348. The van der Waals surface area contributed by atoms with Gasteiger partial charge in [0.2, 0.25) is 0 Å². The van der Waals surface area contributed by atoms with Gasteiger partial charge in [-0.2, -0.15) is 5.10 Å². The van der Waals surface area contributed by atoms with Gasteiger partial charge in [-0.1, -0.05) is 18.9 Å². The lowest BCUT2D eigenvalue weighted by Crippen LogP contribution is -2.26. The Morgan fingerprint density at radius 3 is 3.00 bits per heavy atom. The average molecular weight is 277 g/mol. The number of aliphatic carboxylic acids is 1. The standard InChI is InChI=1S/C13H15N3O2S/c17-13(18)9-5-2-1-4-8(9)11-14-12(16-15-11)10-6-3-7-19-10/h3,6-9H,1-2,4-5H2,(H,17,18)(H,14,15,16). The number of carboxylic acids is 1. The molecule has 1 fully saturated rings. The summed E-state index contributed by atoms with van der Waals surface area (Å²) in [5.41, 5.74) is 0. The third-order valence-corrected chi connectivity index (χ3v) is 4.54. The zero-order valence-electron chi connectivity index (χ0n) is 10.4.